The summed E-state index contributed by atoms with van der Waals surface area (Å²) < 4.78 is 11.0. The Kier molecular flexibility index (Phi) is 2.41. The average Bonchev–Trinajstić information content (AvgIpc) is 2.99. The van der Waals surface area contributed by atoms with E-state index in [0.29, 0.717) is 18.7 Å². The van der Waals surface area contributed by atoms with Crippen molar-refractivity contribution in [2.45, 2.75) is 18.9 Å². The van der Waals surface area contributed by atoms with Crippen LogP contribution in [0.25, 0.3) is 11.1 Å². The summed E-state index contributed by atoms with van der Waals surface area (Å²) in [5.41, 5.74) is 4.84. The average molecular weight is 311 g/mol. The molecule has 0 aromatic heterocycles. The van der Waals surface area contributed by atoms with Crippen LogP contribution in [-0.4, -0.2) is 30.1 Å². The summed E-state index contributed by atoms with van der Waals surface area (Å²) >= 11 is 0. The lowest BCUT2D eigenvalue weighted by Crippen LogP contribution is -2.48. The SMILES string of the molecule is C[N+]1([O-])CCc2cc3c(c4c2C1Cc1cccc(O)c1-4)OCO3. The second-order valence-electron chi connectivity index (χ2n) is 6.74. The van der Waals surface area contributed by atoms with Crippen molar-refractivity contribution in [2.75, 3.05) is 20.4 Å². The van der Waals surface area contributed by atoms with Crippen molar-refractivity contribution >= 4 is 0 Å². The lowest BCUT2D eigenvalue weighted by molar-refractivity contribution is -0.894. The molecule has 0 spiro atoms. The highest BCUT2D eigenvalue weighted by atomic mass is 16.7. The Morgan fingerprint density at radius 3 is 2.96 bits per heavy atom. The van der Waals surface area contributed by atoms with Crippen molar-refractivity contribution in [2.24, 2.45) is 0 Å². The zero-order chi connectivity index (χ0) is 15.8. The van der Waals surface area contributed by atoms with Crippen molar-refractivity contribution in [1.29, 1.82) is 0 Å². The first-order valence-electron chi connectivity index (χ1n) is 7.89. The molecule has 5 rings (SSSR count). The quantitative estimate of drug-likeness (QED) is 0.600. The Morgan fingerprint density at radius 2 is 2.09 bits per heavy atom. The maximum Gasteiger partial charge on any atom is 0.231 e. The predicted octanol–water partition coefficient (Wildman–Crippen LogP) is 2.89. The van der Waals surface area contributed by atoms with Gasteiger partial charge in [-0.05, 0) is 23.3 Å². The van der Waals surface area contributed by atoms with Gasteiger partial charge in [0.25, 0.3) is 0 Å². The van der Waals surface area contributed by atoms with E-state index < -0.39 is 0 Å². The number of nitrogens with zero attached hydrogens (tertiary/aromatic N) is 1. The van der Waals surface area contributed by atoms with E-state index in [1.807, 2.05) is 18.2 Å². The number of ether oxygens (including phenoxy) is 2. The van der Waals surface area contributed by atoms with E-state index in [0.717, 1.165) is 40.0 Å². The Bertz CT molecular complexity index is 843. The molecule has 2 atom stereocenters. The van der Waals surface area contributed by atoms with Gasteiger partial charge in [-0.25, -0.2) is 0 Å². The van der Waals surface area contributed by atoms with Gasteiger partial charge in [-0.3, -0.25) is 0 Å². The summed E-state index contributed by atoms with van der Waals surface area (Å²) in [6.07, 6.45) is 1.36. The second kappa shape index (κ2) is 4.19. The van der Waals surface area contributed by atoms with Crippen LogP contribution in [0.1, 0.15) is 22.7 Å². The molecule has 118 valence electrons. The molecular formula is C18H17NO4. The highest BCUT2D eigenvalue weighted by molar-refractivity contribution is 5.86. The van der Waals surface area contributed by atoms with Gasteiger partial charge < -0.3 is 24.4 Å². The molecular weight excluding hydrogens is 294 g/mol. The van der Waals surface area contributed by atoms with Crippen LogP contribution < -0.4 is 9.47 Å². The van der Waals surface area contributed by atoms with E-state index in [9.17, 15) is 10.3 Å². The highest BCUT2D eigenvalue weighted by Crippen LogP contribution is 2.56. The monoisotopic (exact) mass is 311 g/mol. The molecule has 2 aromatic carbocycles. The minimum atomic E-state index is -0.283. The van der Waals surface area contributed by atoms with Gasteiger partial charge in [-0.2, -0.15) is 0 Å². The molecule has 0 saturated heterocycles. The van der Waals surface area contributed by atoms with Crippen LogP contribution in [0.4, 0.5) is 0 Å². The van der Waals surface area contributed by atoms with Crippen LogP contribution in [-0.2, 0) is 12.8 Å². The van der Waals surface area contributed by atoms with Gasteiger partial charge in [0.1, 0.15) is 11.8 Å². The number of fused-ring (bicyclic) bond motifs is 4. The van der Waals surface area contributed by atoms with Crippen molar-refractivity contribution in [3.8, 4) is 28.4 Å². The predicted molar refractivity (Wildman–Crippen MR) is 84.2 cm³/mol. The van der Waals surface area contributed by atoms with Crippen LogP contribution in [0.2, 0.25) is 0 Å². The highest BCUT2D eigenvalue weighted by Gasteiger charge is 2.43. The number of aromatic hydroxyl groups is 1. The molecule has 1 aliphatic carbocycles. The zero-order valence-corrected chi connectivity index (χ0v) is 12.8. The van der Waals surface area contributed by atoms with Gasteiger partial charge in [0.05, 0.1) is 13.6 Å². The number of quaternary nitrogens is 1. The Balaban J connectivity index is 1.91. The molecule has 23 heavy (non-hydrogen) atoms. The Morgan fingerprint density at radius 1 is 1.22 bits per heavy atom. The fraction of sp³-hybridized carbons (Fsp3) is 0.333. The second-order valence-corrected chi connectivity index (χ2v) is 6.74. The lowest BCUT2D eigenvalue weighted by atomic mass is 9.76. The molecule has 2 unspecified atom stereocenters. The van der Waals surface area contributed by atoms with Crippen molar-refractivity contribution in [1.82, 2.24) is 0 Å². The van der Waals surface area contributed by atoms with Gasteiger partial charge in [-0.1, -0.05) is 12.1 Å². The summed E-state index contributed by atoms with van der Waals surface area (Å²) in [7, 11) is 1.75. The number of phenolic OH excluding ortho intramolecular Hbond substituents is 1. The molecule has 1 N–H and O–H groups in total. The summed E-state index contributed by atoms with van der Waals surface area (Å²) in [6.45, 7) is 0.743. The number of hydrogen-bond donors (Lipinski definition) is 1. The standard InChI is InChI=1S/C18H17NO4/c1-19(21)6-5-11-8-14-18(23-9-22-14)17-15(11)12(19)7-10-3-2-4-13(20)16(10)17/h2-4,8,12,20H,5-7,9H2,1H3. The number of benzene rings is 2. The van der Waals surface area contributed by atoms with Gasteiger partial charge in [-0.15, -0.1) is 0 Å². The molecule has 0 saturated carbocycles. The maximum absolute atomic E-state index is 13.0. The number of phenols is 1. The maximum atomic E-state index is 13.0. The Labute approximate surface area is 133 Å². The van der Waals surface area contributed by atoms with Gasteiger partial charge >= 0.3 is 0 Å². The molecule has 5 heteroatoms. The zero-order valence-electron chi connectivity index (χ0n) is 12.8. The van der Waals surface area contributed by atoms with Crippen LogP contribution in [0.15, 0.2) is 24.3 Å². The smallest absolute Gasteiger partial charge is 0.231 e. The van der Waals surface area contributed by atoms with Gasteiger partial charge in [0, 0.05) is 29.5 Å². The third-order valence-electron chi connectivity index (χ3n) is 5.40. The van der Waals surface area contributed by atoms with Crippen LogP contribution in [0, 0.1) is 5.21 Å². The van der Waals surface area contributed by atoms with E-state index in [1.54, 1.807) is 13.1 Å². The molecule has 0 amide bonds. The first-order valence-corrected chi connectivity index (χ1v) is 7.89. The van der Waals surface area contributed by atoms with Crippen LogP contribution in [0.5, 0.6) is 17.2 Å². The number of likely N-dealkylation sites (N-methyl/N-ethyl adjacent to an activating group) is 1. The normalized spacial score (nSPS) is 26.6. The number of hydrogen-bond acceptors (Lipinski definition) is 4. The van der Waals surface area contributed by atoms with E-state index in [-0.39, 0.29) is 23.2 Å². The molecule has 5 nitrogen and oxygen atoms in total. The van der Waals surface area contributed by atoms with Gasteiger partial charge in [0.2, 0.25) is 6.79 Å². The molecule has 0 fully saturated rings. The van der Waals surface area contributed by atoms with Gasteiger partial charge in [0.15, 0.2) is 11.5 Å². The number of rotatable bonds is 0. The first-order chi connectivity index (χ1) is 11.1. The van der Waals surface area contributed by atoms with Crippen LogP contribution >= 0.6 is 0 Å². The molecule has 0 bridgehead atoms. The van der Waals surface area contributed by atoms with E-state index in [1.165, 1.54) is 0 Å². The summed E-state index contributed by atoms with van der Waals surface area (Å²) in [5.74, 6) is 1.62. The third-order valence-corrected chi connectivity index (χ3v) is 5.40. The minimum Gasteiger partial charge on any atom is -0.633 e. The van der Waals surface area contributed by atoms with Crippen molar-refractivity contribution in [3.05, 3.63) is 46.2 Å². The number of hydroxylamine groups is 3. The molecule has 2 aromatic rings. The molecule has 2 heterocycles. The summed E-state index contributed by atoms with van der Waals surface area (Å²) in [5, 5.41) is 23.5. The largest absolute Gasteiger partial charge is 0.633 e. The Hall–Kier alpha value is -2.24. The lowest BCUT2D eigenvalue weighted by Gasteiger charge is -2.51. The molecule has 2 aliphatic heterocycles. The van der Waals surface area contributed by atoms with E-state index in [2.05, 4.69) is 0 Å². The van der Waals surface area contributed by atoms with Crippen LogP contribution in [0.3, 0.4) is 0 Å². The fourth-order valence-corrected chi connectivity index (χ4v) is 4.27. The summed E-state index contributed by atoms with van der Waals surface area (Å²) in [4.78, 5) is 0. The fourth-order valence-electron chi connectivity index (χ4n) is 4.27. The van der Waals surface area contributed by atoms with Crippen molar-refractivity contribution < 1.29 is 19.2 Å². The molecule has 3 aliphatic rings. The van der Waals surface area contributed by atoms with E-state index >= 15 is 0 Å². The summed E-state index contributed by atoms with van der Waals surface area (Å²) in [6, 6.07) is 7.37. The third kappa shape index (κ3) is 1.63. The minimum absolute atomic E-state index is 0.155. The molecule has 0 radical (unpaired) electrons. The first kappa shape index (κ1) is 13.2. The van der Waals surface area contributed by atoms with E-state index in [4.69, 9.17) is 9.47 Å². The van der Waals surface area contributed by atoms with Crippen molar-refractivity contribution in [3.63, 3.8) is 0 Å². The topological polar surface area (TPSA) is 61.8 Å².